The number of hydrazine groups is 1. The molecule has 0 aromatic heterocycles. The summed E-state index contributed by atoms with van der Waals surface area (Å²) in [6, 6.07) is 6.86. The molecule has 2 atom stereocenters. The lowest BCUT2D eigenvalue weighted by molar-refractivity contribution is 0.181. The molecule has 1 aromatic carbocycles. The first-order valence-corrected chi connectivity index (χ1v) is 6.31. The van der Waals surface area contributed by atoms with Crippen LogP contribution in [0.4, 0.5) is 0 Å². The topological polar surface area (TPSA) is 47.3 Å². The Hall–Kier alpha value is -0.900. The van der Waals surface area contributed by atoms with Crippen molar-refractivity contribution in [1.29, 1.82) is 0 Å². The van der Waals surface area contributed by atoms with Crippen LogP contribution in [0.2, 0.25) is 0 Å². The van der Waals surface area contributed by atoms with Crippen molar-refractivity contribution in [3.8, 4) is 0 Å². The van der Waals surface area contributed by atoms with E-state index in [2.05, 4.69) is 37.5 Å². The maximum atomic E-state index is 5.69. The van der Waals surface area contributed by atoms with Gasteiger partial charge in [0.1, 0.15) is 0 Å². The second-order valence-corrected chi connectivity index (χ2v) is 5.11. The zero-order valence-electron chi connectivity index (χ0n) is 10.7. The lowest BCUT2D eigenvalue weighted by atomic mass is 9.93. The highest BCUT2D eigenvalue weighted by Crippen LogP contribution is 2.27. The highest BCUT2D eigenvalue weighted by Gasteiger charge is 2.21. The van der Waals surface area contributed by atoms with Crippen LogP contribution in [0.3, 0.4) is 0 Å². The Bertz CT molecular complexity index is 352. The Labute approximate surface area is 103 Å². The first-order valence-electron chi connectivity index (χ1n) is 6.31. The van der Waals surface area contributed by atoms with Gasteiger partial charge in [-0.25, -0.2) is 0 Å². The van der Waals surface area contributed by atoms with Crippen LogP contribution >= 0.6 is 0 Å². The first kappa shape index (κ1) is 12.6. The van der Waals surface area contributed by atoms with Crippen molar-refractivity contribution >= 4 is 0 Å². The maximum Gasteiger partial charge on any atom is 0.0495 e. The quantitative estimate of drug-likeness (QED) is 0.620. The third-order valence-electron chi connectivity index (χ3n) is 3.44. The minimum atomic E-state index is 0.236. The minimum absolute atomic E-state index is 0.236. The van der Waals surface area contributed by atoms with Crippen molar-refractivity contribution < 1.29 is 4.74 Å². The van der Waals surface area contributed by atoms with Crippen LogP contribution in [0, 0.1) is 19.8 Å². The molecule has 2 rings (SSSR count). The molecule has 3 nitrogen and oxygen atoms in total. The number of nitrogens with two attached hydrogens (primary N) is 1. The lowest BCUT2D eigenvalue weighted by Crippen LogP contribution is -2.30. The van der Waals surface area contributed by atoms with Crippen LogP contribution < -0.4 is 11.3 Å². The zero-order valence-corrected chi connectivity index (χ0v) is 10.7. The highest BCUT2D eigenvalue weighted by atomic mass is 16.5. The van der Waals surface area contributed by atoms with Crippen LogP contribution in [-0.4, -0.2) is 13.2 Å². The summed E-state index contributed by atoms with van der Waals surface area (Å²) in [7, 11) is 0. The van der Waals surface area contributed by atoms with Gasteiger partial charge in [-0.2, -0.15) is 0 Å². The molecule has 1 heterocycles. The second kappa shape index (κ2) is 5.63. The summed E-state index contributed by atoms with van der Waals surface area (Å²) in [5.74, 6) is 6.33. The summed E-state index contributed by atoms with van der Waals surface area (Å²) >= 11 is 0. The summed E-state index contributed by atoms with van der Waals surface area (Å²) in [5.41, 5.74) is 6.82. The maximum absolute atomic E-state index is 5.69. The van der Waals surface area contributed by atoms with E-state index < -0.39 is 0 Å². The van der Waals surface area contributed by atoms with Crippen molar-refractivity contribution in [2.45, 2.75) is 32.7 Å². The molecule has 17 heavy (non-hydrogen) atoms. The number of hydrogen-bond donors (Lipinski definition) is 2. The normalized spacial score (nSPS) is 21.7. The molecule has 3 heteroatoms. The van der Waals surface area contributed by atoms with Gasteiger partial charge in [0.05, 0.1) is 0 Å². The number of nitrogens with one attached hydrogen (secondary N) is 1. The average Bonchev–Trinajstić information content (AvgIpc) is 2.77. The number of aryl methyl sites for hydroxylation is 2. The fraction of sp³-hybridized carbons (Fsp3) is 0.571. The van der Waals surface area contributed by atoms with Gasteiger partial charge in [-0.1, -0.05) is 29.3 Å². The van der Waals surface area contributed by atoms with E-state index in [0.29, 0.717) is 5.92 Å². The molecule has 3 N–H and O–H groups in total. The highest BCUT2D eigenvalue weighted by molar-refractivity contribution is 5.30. The van der Waals surface area contributed by atoms with Gasteiger partial charge < -0.3 is 4.74 Å². The average molecular weight is 234 g/mol. The fourth-order valence-corrected chi connectivity index (χ4v) is 2.61. The summed E-state index contributed by atoms with van der Waals surface area (Å²) < 4.78 is 5.42. The third-order valence-corrected chi connectivity index (χ3v) is 3.44. The molecule has 0 spiro atoms. The predicted octanol–water partition coefficient (Wildman–Crippen LogP) is 2.23. The standard InChI is InChI=1S/C14H22N2O/c1-10-5-11(2)7-13(6-10)14(16-15)8-12-3-4-17-9-12/h5-7,12,14,16H,3-4,8-9,15H2,1-2H3. The molecule has 1 fully saturated rings. The van der Waals surface area contributed by atoms with E-state index in [-0.39, 0.29) is 6.04 Å². The minimum Gasteiger partial charge on any atom is -0.381 e. The molecule has 0 saturated carbocycles. The zero-order chi connectivity index (χ0) is 12.3. The van der Waals surface area contributed by atoms with Crippen molar-refractivity contribution in [3.63, 3.8) is 0 Å². The van der Waals surface area contributed by atoms with Crippen molar-refractivity contribution in [1.82, 2.24) is 5.43 Å². The van der Waals surface area contributed by atoms with Gasteiger partial charge in [-0.05, 0) is 38.2 Å². The van der Waals surface area contributed by atoms with Gasteiger partial charge in [-0.15, -0.1) is 0 Å². The Morgan fingerprint density at radius 2 is 2.06 bits per heavy atom. The van der Waals surface area contributed by atoms with E-state index in [4.69, 9.17) is 10.6 Å². The van der Waals surface area contributed by atoms with Crippen LogP contribution in [0.5, 0.6) is 0 Å². The molecule has 1 aliphatic heterocycles. The van der Waals surface area contributed by atoms with E-state index >= 15 is 0 Å². The second-order valence-electron chi connectivity index (χ2n) is 5.11. The number of hydrogen-bond acceptors (Lipinski definition) is 3. The van der Waals surface area contributed by atoms with Gasteiger partial charge in [-0.3, -0.25) is 11.3 Å². The third kappa shape index (κ3) is 3.28. The lowest BCUT2D eigenvalue weighted by Gasteiger charge is -2.20. The van der Waals surface area contributed by atoms with Crippen LogP contribution in [-0.2, 0) is 4.74 Å². The predicted molar refractivity (Wildman–Crippen MR) is 69.5 cm³/mol. The molecule has 0 radical (unpaired) electrons. The fourth-order valence-electron chi connectivity index (χ4n) is 2.61. The molecule has 0 aliphatic carbocycles. The molecular weight excluding hydrogens is 212 g/mol. The molecule has 2 unspecified atom stereocenters. The van der Waals surface area contributed by atoms with Crippen LogP contribution in [0.15, 0.2) is 18.2 Å². The van der Waals surface area contributed by atoms with Gasteiger partial charge in [0, 0.05) is 19.3 Å². The summed E-state index contributed by atoms with van der Waals surface area (Å²) in [4.78, 5) is 0. The van der Waals surface area contributed by atoms with Crippen LogP contribution in [0.1, 0.15) is 35.6 Å². The molecule has 0 amide bonds. The SMILES string of the molecule is Cc1cc(C)cc(C(CC2CCOC2)NN)c1. The Balaban J connectivity index is 2.10. The van der Waals surface area contributed by atoms with Gasteiger partial charge >= 0.3 is 0 Å². The molecule has 1 aromatic rings. The Kier molecular flexibility index (Phi) is 4.15. The van der Waals surface area contributed by atoms with Crippen molar-refractivity contribution in [3.05, 3.63) is 34.9 Å². The number of ether oxygens (including phenoxy) is 1. The number of rotatable bonds is 4. The Morgan fingerprint density at radius 1 is 1.35 bits per heavy atom. The van der Waals surface area contributed by atoms with E-state index in [0.717, 1.165) is 26.1 Å². The monoisotopic (exact) mass is 234 g/mol. The molecular formula is C14H22N2O. The van der Waals surface area contributed by atoms with E-state index in [1.807, 2.05) is 0 Å². The molecule has 0 bridgehead atoms. The van der Waals surface area contributed by atoms with Gasteiger partial charge in [0.2, 0.25) is 0 Å². The van der Waals surface area contributed by atoms with Gasteiger partial charge in [0.25, 0.3) is 0 Å². The molecule has 94 valence electrons. The molecule has 1 saturated heterocycles. The largest absolute Gasteiger partial charge is 0.381 e. The smallest absolute Gasteiger partial charge is 0.0495 e. The van der Waals surface area contributed by atoms with Crippen molar-refractivity contribution in [2.75, 3.05) is 13.2 Å². The summed E-state index contributed by atoms with van der Waals surface area (Å²) in [5, 5.41) is 0. The molecule has 1 aliphatic rings. The van der Waals surface area contributed by atoms with Gasteiger partial charge in [0.15, 0.2) is 0 Å². The van der Waals surface area contributed by atoms with E-state index in [9.17, 15) is 0 Å². The van der Waals surface area contributed by atoms with E-state index in [1.165, 1.54) is 16.7 Å². The van der Waals surface area contributed by atoms with Crippen LogP contribution in [0.25, 0.3) is 0 Å². The first-order chi connectivity index (χ1) is 8.19. The summed E-state index contributed by atoms with van der Waals surface area (Å²) in [6.07, 6.45) is 2.21. The summed E-state index contributed by atoms with van der Waals surface area (Å²) in [6.45, 7) is 6.03. The van der Waals surface area contributed by atoms with E-state index in [1.54, 1.807) is 0 Å². The van der Waals surface area contributed by atoms with Crippen molar-refractivity contribution in [2.24, 2.45) is 11.8 Å². The number of benzene rings is 1. The Morgan fingerprint density at radius 3 is 2.59 bits per heavy atom.